The third-order valence-corrected chi connectivity index (χ3v) is 4.36. The number of hydrogen-bond acceptors (Lipinski definition) is 2. The number of amides is 1. The molecular formula is C15H20BrFN2O. The second-order valence-electron chi connectivity index (χ2n) is 5.18. The lowest BCUT2D eigenvalue weighted by Gasteiger charge is -2.29. The molecule has 1 aliphatic heterocycles. The van der Waals surface area contributed by atoms with Crippen molar-refractivity contribution in [1.29, 1.82) is 0 Å². The quantitative estimate of drug-likeness (QED) is 0.911. The van der Waals surface area contributed by atoms with Gasteiger partial charge in [0.25, 0.3) is 5.91 Å². The molecule has 1 saturated heterocycles. The van der Waals surface area contributed by atoms with Gasteiger partial charge < -0.3 is 10.2 Å². The maximum absolute atomic E-state index is 13.1. The summed E-state index contributed by atoms with van der Waals surface area (Å²) in [5, 5.41) is 3.37. The van der Waals surface area contributed by atoms with Crippen LogP contribution < -0.4 is 5.32 Å². The maximum Gasteiger partial charge on any atom is 0.255 e. The van der Waals surface area contributed by atoms with E-state index in [1.807, 2.05) is 11.8 Å². The number of carbonyl (C=O) groups is 1. The second-order valence-corrected chi connectivity index (χ2v) is 6.03. The van der Waals surface area contributed by atoms with Gasteiger partial charge in [-0.2, -0.15) is 0 Å². The number of nitrogens with zero attached hydrogens (tertiary/aromatic N) is 1. The number of nitrogens with one attached hydrogen (secondary N) is 1. The van der Waals surface area contributed by atoms with E-state index in [4.69, 9.17) is 0 Å². The van der Waals surface area contributed by atoms with E-state index >= 15 is 0 Å². The van der Waals surface area contributed by atoms with Gasteiger partial charge in [-0.25, -0.2) is 4.39 Å². The molecule has 0 saturated carbocycles. The Morgan fingerprint density at radius 2 is 2.35 bits per heavy atom. The van der Waals surface area contributed by atoms with Gasteiger partial charge in [-0.3, -0.25) is 4.79 Å². The lowest BCUT2D eigenvalue weighted by molar-refractivity contribution is 0.0728. The van der Waals surface area contributed by atoms with Gasteiger partial charge in [0.2, 0.25) is 0 Å². The maximum atomic E-state index is 13.1. The lowest BCUT2D eigenvalue weighted by atomic mass is 9.98. The summed E-state index contributed by atoms with van der Waals surface area (Å²) in [6.07, 6.45) is 2.32. The SMILES string of the molecule is CCN(CC1CCCNC1)C(=O)c1ccc(F)cc1Br. The van der Waals surface area contributed by atoms with E-state index in [1.54, 1.807) is 6.07 Å². The summed E-state index contributed by atoms with van der Waals surface area (Å²) in [7, 11) is 0. The highest BCUT2D eigenvalue weighted by Crippen LogP contribution is 2.21. The van der Waals surface area contributed by atoms with E-state index in [2.05, 4.69) is 21.2 Å². The Morgan fingerprint density at radius 1 is 1.55 bits per heavy atom. The van der Waals surface area contributed by atoms with Crippen LogP contribution in [0.25, 0.3) is 0 Å². The highest BCUT2D eigenvalue weighted by molar-refractivity contribution is 9.10. The van der Waals surface area contributed by atoms with Crippen molar-refractivity contribution in [3.05, 3.63) is 34.1 Å². The van der Waals surface area contributed by atoms with E-state index in [9.17, 15) is 9.18 Å². The molecule has 1 heterocycles. The van der Waals surface area contributed by atoms with Crippen molar-refractivity contribution in [2.75, 3.05) is 26.2 Å². The zero-order valence-corrected chi connectivity index (χ0v) is 13.2. The van der Waals surface area contributed by atoms with Crippen LogP contribution in [0.4, 0.5) is 4.39 Å². The van der Waals surface area contributed by atoms with Crippen LogP contribution in [-0.4, -0.2) is 37.0 Å². The molecule has 1 N–H and O–H groups in total. The van der Waals surface area contributed by atoms with Crippen LogP contribution in [0.15, 0.2) is 22.7 Å². The molecule has 1 aromatic carbocycles. The molecule has 1 amide bonds. The van der Waals surface area contributed by atoms with E-state index in [0.717, 1.165) is 32.5 Å². The molecule has 1 unspecified atom stereocenters. The Hall–Kier alpha value is -0.940. The molecule has 0 spiro atoms. The van der Waals surface area contributed by atoms with Gasteiger partial charge in [0.1, 0.15) is 5.82 Å². The van der Waals surface area contributed by atoms with Gasteiger partial charge >= 0.3 is 0 Å². The topological polar surface area (TPSA) is 32.3 Å². The van der Waals surface area contributed by atoms with Crippen molar-refractivity contribution >= 4 is 21.8 Å². The minimum Gasteiger partial charge on any atom is -0.339 e. The Morgan fingerprint density at radius 3 is 2.95 bits per heavy atom. The molecule has 3 nitrogen and oxygen atoms in total. The molecule has 0 aromatic heterocycles. The summed E-state index contributed by atoms with van der Waals surface area (Å²) in [5.41, 5.74) is 0.525. The van der Waals surface area contributed by atoms with Crippen molar-refractivity contribution in [2.45, 2.75) is 19.8 Å². The van der Waals surface area contributed by atoms with Crippen molar-refractivity contribution < 1.29 is 9.18 Å². The van der Waals surface area contributed by atoms with E-state index in [0.29, 0.717) is 22.5 Å². The van der Waals surface area contributed by atoms with Gasteiger partial charge in [0, 0.05) is 17.6 Å². The molecular weight excluding hydrogens is 323 g/mol. The molecule has 0 radical (unpaired) electrons. The Kier molecular flexibility index (Phi) is 5.54. The summed E-state index contributed by atoms with van der Waals surface area (Å²) in [5.74, 6) is 0.129. The summed E-state index contributed by atoms with van der Waals surface area (Å²) in [6.45, 7) is 5.44. The van der Waals surface area contributed by atoms with Gasteiger partial charge in [0.15, 0.2) is 0 Å². The molecule has 0 bridgehead atoms. The Labute approximate surface area is 127 Å². The van der Waals surface area contributed by atoms with Crippen molar-refractivity contribution in [2.24, 2.45) is 5.92 Å². The van der Waals surface area contributed by atoms with Crippen LogP contribution in [0.5, 0.6) is 0 Å². The fourth-order valence-electron chi connectivity index (χ4n) is 2.58. The first-order valence-corrected chi connectivity index (χ1v) is 7.86. The predicted octanol–water partition coefficient (Wildman–Crippen LogP) is 3.05. The zero-order valence-electron chi connectivity index (χ0n) is 11.7. The molecule has 1 aliphatic rings. The third kappa shape index (κ3) is 3.79. The fourth-order valence-corrected chi connectivity index (χ4v) is 3.10. The average Bonchev–Trinajstić information content (AvgIpc) is 2.45. The summed E-state index contributed by atoms with van der Waals surface area (Å²) in [4.78, 5) is 14.4. The molecule has 2 rings (SSSR count). The van der Waals surface area contributed by atoms with Gasteiger partial charge in [-0.15, -0.1) is 0 Å². The van der Waals surface area contributed by atoms with Crippen LogP contribution >= 0.6 is 15.9 Å². The first-order chi connectivity index (χ1) is 9.61. The first kappa shape index (κ1) is 15.4. The number of rotatable bonds is 4. The Balaban J connectivity index is 2.07. The zero-order chi connectivity index (χ0) is 14.5. The monoisotopic (exact) mass is 342 g/mol. The number of carbonyl (C=O) groups excluding carboxylic acids is 1. The first-order valence-electron chi connectivity index (χ1n) is 7.07. The standard InChI is InChI=1S/C15H20BrFN2O/c1-2-19(10-11-4-3-7-18-9-11)15(20)13-6-5-12(17)8-14(13)16/h5-6,8,11,18H,2-4,7,9-10H2,1H3. The Bertz CT molecular complexity index is 475. The number of hydrogen-bond donors (Lipinski definition) is 1. The molecule has 1 atom stereocenters. The summed E-state index contributed by atoms with van der Waals surface area (Å²) in [6, 6.07) is 4.21. The van der Waals surface area contributed by atoms with Crippen LogP contribution in [0.3, 0.4) is 0 Å². The minimum absolute atomic E-state index is 0.0371. The fraction of sp³-hybridized carbons (Fsp3) is 0.533. The van der Waals surface area contributed by atoms with Crippen molar-refractivity contribution in [3.63, 3.8) is 0 Å². The lowest BCUT2D eigenvalue weighted by Crippen LogP contribution is -2.41. The van der Waals surface area contributed by atoms with Crippen LogP contribution in [0.1, 0.15) is 30.1 Å². The average molecular weight is 343 g/mol. The largest absolute Gasteiger partial charge is 0.339 e. The van der Waals surface area contributed by atoms with Crippen molar-refractivity contribution in [3.8, 4) is 0 Å². The number of halogens is 2. The molecule has 0 aliphatic carbocycles. The predicted molar refractivity (Wildman–Crippen MR) is 81.3 cm³/mol. The number of piperidine rings is 1. The second kappa shape index (κ2) is 7.18. The third-order valence-electron chi connectivity index (χ3n) is 3.71. The van der Waals surface area contributed by atoms with Crippen molar-refractivity contribution in [1.82, 2.24) is 10.2 Å². The van der Waals surface area contributed by atoms with E-state index in [1.165, 1.54) is 12.1 Å². The van der Waals surface area contributed by atoms with E-state index in [-0.39, 0.29) is 11.7 Å². The molecule has 1 aromatic rings. The highest BCUT2D eigenvalue weighted by Gasteiger charge is 2.22. The molecule has 5 heteroatoms. The minimum atomic E-state index is -0.340. The highest BCUT2D eigenvalue weighted by atomic mass is 79.9. The van der Waals surface area contributed by atoms with Crippen LogP contribution in [0, 0.1) is 11.7 Å². The van der Waals surface area contributed by atoms with Gasteiger partial charge in [-0.1, -0.05) is 0 Å². The number of benzene rings is 1. The molecule has 20 heavy (non-hydrogen) atoms. The van der Waals surface area contributed by atoms with Gasteiger partial charge in [0.05, 0.1) is 5.56 Å². The smallest absolute Gasteiger partial charge is 0.255 e. The normalized spacial score (nSPS) is 18.9. The summed E-state index contributed by atoms with van der Waals surface area (Å²) >= 11 is 3.27. The van der Waals surface area contributed by atoms with Gasteiger partial charge in [-0.05, 0) is 72.9 Å². The summed E-state index contributed by atoms with van der Waals surface area (Å²) < 4.78 is 13.6. The van der Waals surface area contributed by atoms with E-state index < -0.39 is 0 Å². The van der Waals surface area contributed by atoms with Crippen LogP contribution in [0.2, 0.25) is 0 Å². The molecule has 110 valence electrons. The van der Waals surface area contributed by atoms with Crippen LogP contribution in [-0.2, 0) is 0 Å². The molecule has 1 fully saturated rings.